The fraction of sp³-hybridized carbons (Fsp3) is 0.190. The lowest BCUT2D eigenvalue weighted by atomic mass is 10.2. The Hall–Kier alpha value is -4.01. The molecule has 152 valence electrons. The highest BCUT2D eigenvalue weighted by atomic mass is 16.5. The quantitative estimate of drug-likeness (QED) is 0.501. The van der Waals surface area contributed by atoms with Gasteiger partial charge in [-0.2, -0.15) is 0 Å². The minimum absolute atomic E-state index is 0.109. The summed E-state index contributed by atoms with van der Waals surface area (Å²) in [5.74, 6) is 1.15. The Balaban J connectivity index is 1.46. The van der Waals surface area contributed by atoms with Gasteiger partial charge >= 0.3 is 5.56 Å². The fourth-order valence-corrected chi connectivity index (χ4v) is 3.07. The molecule has 0 radical (unpaired) electrons. The molecule has 0 unspecified atom stereocenters. The van der Waals surface area contributed by atoms with Crippen molar-refractivity contribution in [3.05, 3.63) is 82.9 Å². The number of carbonyl (C=O) groups excluding carboxylic acids is 1. The first-order chi connectivity index (χ1) is 14.7. The molecule has 4 rings (SSSR count). The number of hydrogen-bond donors (Lipinski definition) is 1. The van der Waals surface area contributed by atoms with Gasteiger partial charge in [0.15, 0.2) is 0 Å². The summed E-state index contributed by atoms with van der Waals surface area (Å²) < 4.78 is 8.26. The molecule has 4 aromatic rings. The molecule has 0 aliphatic heterocycles. The summed E-state index contributed by atoms with van der Waals surface area (Å²) in [7, 11) is 1.59. The number of hydrogen-bond acceptors (Lipinski definition) is 6. The molecule has 3 heterocycles. The summed E-state index contributed by atoms with van der Waals surface area (Å²) in [6.07, 6.45) is 7.38. The van der Waals surface area contributed by atoms with E-state index in [1.165, 1.54) is 4.57 Å². The molecule has 9 nitrogen and oxygen atoms in total. The van der Waals surface area contributed by atoms with Gasteiger partial charge in [-0.25, -0.2) is 0 Å². The molecule has 0 aliphatic rings. The van der Waals surface area contributed by atoms with E-state index < -0.39 is 0 Å². The number of pyridine rings is 1. The summed E-state index contributed by atoms with van der Waals surface area (Å²) >= 11 is 0. The lowest BCUT2D eigenvalue weighted by Gasteiger charge is -2.08. The number of nitrogens with zero attached hydrogens (tertiary/aromatic N) is 5. The lowest BCUT2D eigenvalue weighted by Crippen LogP contribution is -2.23. The molecular formula is C21H20N6O3. The highest BCUT2D eigenvalue weighted by Gasteiger charge is 2.13. The summed E-state index contributed by atoms with van der Waals surface area (Å²) in [6, 6.07) is 10.9. The van der Waals surface area contributed by atoms with E-state index in [1.807, 2.05) is 12.1 Å². The molecule has 3 aromatic heterocycles. The van der Waals surface area contributed by atoms with Gasteiger partial charge in [0.25, 0.3) is 0 Å². The number of aryl methyl sites for hydroxylation is 1. The van der Waals surface area contributed by atoms with Crippen LogP contribution in [0.4, 0.5) is 0 Å². The van der Waals surface area contributed by atoms with E-state index in [4.69, 9.17) is 4.74 Å². The number of ether oxygens (including phenoxy) is 1. The third kappa shape index (κ3) is 4.04. The smallest absolute Gasteiger partial charge is 0.300 e. The Labute approximate surface area is 172 Å². The number of methoxy groups -OCH3 is 1. The number of amides is 1. The van der Waals surface area contributed by atoms with Gasteiger partial charge in [-0.05, 0) is 35.9 Å². The van der Waals surface area contributed by atoms with Crippen molar-refractivity contribution in [3.8, 4) is 11.4 Å². The van der Waals surface area contributed by atoms with Crippen LogP contribution in [-0.2, 0) is 17.8 Å². The summed E-state index contributed by atoms with van der Waals surface area (Å²) in [5, 5.41) is 11.0. The van der Waals surface area contributed by atoms with Gasteiger partial charge < -0.3 is 10.1 Å². The molecule has 1 N–H and O–H groups in total. The topological polar surface area (TPSA) is 103 Å². The zero-order chi connectivity index (χ0) is 20.9. The zero-order valence-electron chi connectivity index (χ0n) is 16.4. The first-order valence-electron chi connectivity index (χ1n) is 9.41. The van der Waals surface area contributed by atoms with Crippen molar-refractivity contribution in [1.29, 1.82) is 0 Å². The van der Waals surface area contributed by atoms with Crippen LogP contribution in [0, 0.1) is 0 Å². The maximum absolute atomic E-state index is 12.8. The molecule has 9 heteroatoms. The predicted octanol–water partition coefficient (Wildman–Crippen LogP) is 1.53. The summed E-state index contributed by atoms with van der Waals surface area (Å²) in [6.45, 7) is 0.416. The van der Waals surface area contributed by atoms with E-state index in [1.54, 1.807) is 60.6 Å². The van der Waals surface area contributed by atoms with Gasteiger partial charge in [-0.3, -0.25) is 23.5 Å². The molecule has 0 atom stereocenters. The van der Waals surface area contributed by atoms with Crippen LogP contribution in [0.15, 0.2) is 66.0 Å². The van der Waals surface area contributed by atoms with Crippen molar-refractivity contribution in [2.45, 2.75) is 19.4 Å². The molecule has 30 heavy (non-hydrogen) atoms. The van der Waals surface area contributed by atoms with Crippen LogP contribution in [-0.4, -0.2) is 37.2 Å². The summed E-state index contributed by atoms with van der Waals surface area (Å²) in [4.78, 5) is 29.0. The number of nitrogens with one attached hydrogen (secondary N) is 1. The SMILES string of the molecule is COc1ccc(-n2ccn3c(CCC(=O)NCc4cccnc4)nnc3c2=O)cc1. The molecule has 0 spiro atoms. The molecule has 1 amide bonds. The van der Waals surface area contributed by atoms with Crippen LogP contribution in [0.25, 0.3) is 11.3 Å². The van der Waals surface area contributed by atoms with Gasteiger partial charge in [-0.1, -0.05) is 6.07 Å². The average molecular weight is 404 g/mol. The molecule has 0 fully saturated rings. The standard InChI is InChI=1S/C21H20N6O3/c1-30-17-6-4-16(5-7-17)26-11-12-27-18(24-25-20(27)21(26)29)8-9-19(28)23-14-15-3-2-10-22-13-15/h2-7,10-13H,8-9,14H2,1H3,(H,23,28). The van der Waals surface area contributed by atoms with Crippen LogP contribution >= 0.6 is 0 Å². The van der Waals surface area contributed by atoms with Crippen LogP contribution in [0.1, 0.15) is 17.8 Å². The van der Waals surface area contributed by atoms with Gasteiger partial charge in [-0.15, -0.1) is 10.2 Å². The van der Waals surface area contributed by atoms with Crippen molar-refractivity contribution < 1.29 is 9.53 Å². The Kier molecular flexibility index (Phi) is 5.51. The third-order valence-corrected chi connectivity index (χ3v) is 4.68. The van der Waals surface area contributed by atoms with E-state index in [0.29, 0.717) is 30.2 Å². The number of carbonyl (C=O) groups is 1. The highest BCUT2D eigenvalue weighted by molar-refractivity contribution is 5.76. The van der Waals surface area contributed by atoms with E-state index in [0.717, 1.165) is 5.56 Å². The first-order valence-corrected chi connectivity index (χ1v) is 9.41. The number of rotatable bonds is 7. The number of benzene rings is 1. The molecular weight excluding hydrogens is 384 g/mol. The molecule has 0 bridgehead atoms. The van der Waals surface area contributed by atoms with Gasteiger partial charge in [0, 0.05) is 49.9 Å². The Morgan fingerprint density at radius 3 is 2.70 bits per heavy atom. The highest BCUT2D eigenvalue weighted by Crippen LogP contribution is 2.14. The Morgan fingerprint density at radius 2 is 1.97 bits per heavy atom. The zero-order valence-corrected chi connectivity index (χ0v) is 16.4. The monoisotopic (exact) mass is 404 g/mol. The van der Waals surface area contributed by atoms with Crippen molar-refractivity contribution >= 4 is 11.6 Å². The van der Waals surface area contributed by atoms with Crippen molar-refractivity contribution in [3.63, 3.8) is 0 Å². The Bertz CT molecular complexity index is 1220. The maximum Gasteiger partial charge on any atom is 0.300 e. The van der Waals surface area contributed by atoms with Crippen molar-refractivity contribution in [2.75, 3.05) is 7.11 Å². The second kappa shape index (κ2) is 8.56. The van der Waals surface area contributed by atoms with E-state index >= 15 is 0 Å². The average Bonchev–Trinajstić information content (AvgIpc) is 3.21. The lowest BCUT2D eigenvalue weighted by molar-refractivity contribution is -0.121. The predicted molar refractivity (Wildman–Crippen MR) is 110 cm³/mol. The van der Waals surface area contributed by atoms with Crippen molar-refractivity contribution in [2.24, 2.45) is 0 Å². The molecule has 1 aromatic carbocycles. The molecule has 0 saturated heterocycles. The largest absolute Gasteiger partial charge is 0.497 e. The molecule has 0 aliphatic carbocycles. The first kappa shape index (κ1) is 19.3. The second-order valence-corrected chi connectivity index (χ2v) is 6.62. The minimum Gasteiger partial charge on any atom is -0.497 e. The number of fused-ring (bicyclic) bond motifs is 1. The fourth-order valence-electron chi connectivity index (χ4n) is 3.07. The van der Waals surface area contributed by atoms with Crippen LogP contribution < -0.4 is 15.6 Å². The van der Waals surface area contributed by atoms with E-state index in [9.17, 15) is 9.59 Å². The van der Waals surface area contributed by atoms with Gasteiger partial charge in [0.1, 0.15) is 11.6 Å². The molecule has 0 saturated carbocycles. The van der Waals surface area contributed by atoms with Crippen LogP contribution in [0.3, 0.4) is 0 Å². The second-order valence-electron chi connectivity index (χ2n) is 6.62. The Morgan fingerprint density at radius 1 is 1.13 bits per heavy atom. The third-order valence-electron chi connectivity index (χ3n) is 4.68. The minimum atomic E-state index is -0.289. The van der Waals surface area contributed by atoms with E-state index in [2.05, 4.69) is 20.5 Å². The van der Waals surface area contributed by atoms with Crippen molar-refractivity contribution in [1.82, 2.24) is 29.5 Å². The van der Waals surface area contributed by atoms with Gasteiger partial charge in [0.2, 0.25) is 11.6 Å². The normalized spacial score (nSPS) is 10.8. The summed E-state index contributed by atoms with van der Waals surface area (Å²) in [5.41, 5.74) is 1.54. The maximum atomic E-state index is 12.8. The van der Waals surface area contributed by atoms with E-state index in [-0.39, 0.29) is 23.5 Å². The van der Waals surface area contributed by atoms with Crippen LogP contribution in [0.2, 0.25) is 0 Å². The van der Waals surface area contributed by atoms with Crippen LogP contribution in [0.5, 0.6) is 5.75 Å². The van der Waals surface area contributed by atoms with Gasteiger partial charge in [0.05, 0.1) is 7.11 Å². The number of aromatic nitrogens is 5.